The second-order valence-electron chi connectivity index (χ2n) is 5.74. The van der Waals surface area contributed by atoms with E-state index in [1.165, 1.54) is 19.3 Å². The van der Waals surface area contributed by atoms with Crippen LogP contribution in [-0.2, 0) is 5.41 Å². The highest BCUT2D eigenvalue weighted by Gasteiger charge is 2.46. The van der Waals surface area contributed by atoms with E-state index >= 15 is 0 Å². The Bertz CT molecular complexity index is 405. The average molecular weight is 300 g/mol. The van der Waals surface area contributed by atoms with Crippen molar-refractivity contribution in [1.82, 2.24) is 5.32 Å². The molecule has 0 heterocycles. The third-order valence-electron chi connectivity index (χ3n) is 4.32. The highest BCUT2D eigenvalue weighted by molar-refractivity contribution is 6.36. The van der Waals surface area contributed by atoms with Crippen molar-refractivity contribution < 1.29 is 0 Å². The molecule has 3 heteroatoms. The van der Waals surface area contributed by atoms with Crippen molar-refractivity contribution in [2.24, 2.45) is 5.92 Å². The predicted octanol–water partition coefficient (Wildman–Crippen LogP) is 5.05. The molecule has 1 N–H and O–H groups in total. The lowest BCUT2D eigenvalue weighted by molar-refractivity contribution is 0.134. The lowest BCUT2D eigenvalue weighted by atomic mass is 9.57. The van der Waals surface area contributed by atoms with Gasteiger partial charge in [0.2, 0.25) is 0 Å². The van der Waals surface area contributed by atoms with Gasteiger partial charge in [-0.25, -0.2) is 0 Å². The number of nitrogens with one attached hydrogen (secondary N) is 1. The van der Waals surface area contributed by atoms with Crippen molar-refractivity contribution in [3.05, 3.63) is 33.8 Å². The SMILES string of the molecule is CCCNCC1(c2c(Cl)cccc2Cl)CC(CC)C1. The molecule has 0 aliphatic heterocycles. The molecule has 0 saturated heterocycles. The van der Waals surface area contributed by atoms with Crippen molar-refractivity contribution in [1.29, 1.82) is 0 Å². The van der Waals surface area contributed by atoms with Crippen LogP contribution in [0.4, 0.5) is 0 Å². The standard InChI is InChI=1S/C16H23Cl2N/c1-3-8-19-11-16(9-12(4-2)10-16)15-13(17)6-5-7-14(15)18/h5-7,12,19H,3-4,8-11H2,1-2H3. The minimum Gasteiger partial charge on any atom is -0.316 e. The van der Waals surface area contributed by atoms with E-state index in [4.69, 9.17) is 23.2 Å². The van der Waals surface area contributed by atoms with Crippen LogP contribution in [0.15, 0.2) is 18.2 Å². The summed E-state index contributed by atoms with van der Waals surface area (Å²) in [4.78, 5) is 0. The zero-order chi connectivity index (χ0) is 13.9. The van der Waals surface area contributed by atoms with Gasteiger partial charge in [-0.3, -0.25) is 0 Å². The smallest absolute Gasteiger partial charge is 0.0459 e. The maximum Gasteiger partial charge on any atom is 0.0459 e. The third-order valence-corrected chi connectivity index (χ3v) is 4.95. The summed E-state index contributed by atoms with van der Waals surface area (Å²) in [6, 6.07) is 5.85. The molecule has 1 aliphatic rings. The minimum absolute atomic E-state index is 0.144. The Labute approximate surface area is 126 Å². The molecule has 1 fully saturated rings. The van der Waals surface area contributed by atoms with Gasteiger partial charge in [0.25, 0.3) is 0 Å². The summed E-state index contributed by atoms with van der Waals surface area (Å²) in [6.45, 7) is 6.50. The Hall–Kier alpha value is -0.240. The van der Waals surface area contributed by atoms with Gasteiger partial charge in [0, 0.05) is 22.0 Å². The average Bonchev–Trinajstić information content (AvgIpc) is 2.34. The first-order valence-corrected chi connectivity index (χ1v) is 8.03. The Kier molecular flexibility index (Phi) is 5.16. The van der Waals surface area contributed by atoms with Crippen LogP contribution in [0.2, 0.25) is 10.0 Å². The van der Waals surface area contributed by atoms with Crippen LogP contribution in [0, 0.1) is 5.92 Å². The van der Waals surface area contributed by atoms with E-state index in [1.54, 1.807) is 0 Å². The molecule has 1 aromatic carbocycles. The number of hydrogen-bond donors (Lipinski definition) is 1. The van der Waals surface area contributed by atoms with Crippen molar-refractivity contribution >= 4 is 23.2 Å². The summed E-state index contributed by atoms with van der Waals surface area (Å²) in [6.07, 6.45) is 4.80. The number of halogens is 2. The molecule has 1 aromatic rings. The van der Waals surface area contributed by atoms with E-state index in [0.717, 1.165) is 41.0 Å². The van der Waals surface area contributed by atoms with Crippen LogP contribution in [0.3, 0.4) is 0 Å². The zero-order valence-corrected chi connectivity index (χ0v) is 13.3. The van der Waals surface area contributed by atoms with E-state index in [0.29, 0.717) is 0 Å². The number of rotatable bonds is 6. The van der Waals surface area contributed by atoms with Gasteiger partial charge in [0.05, 0.1) is 0 Å². The van der Waals surface area contributed by atoms with Crippen LogP contribution in [0.5, 0.6) is 0 Å². The fourth-order valence-electron chi connectivity index (χ4n) is 3.28. The van der Waals surface area contributed by atoms with Gasteiger partial charge < -0.3 is 5.32 Å². The summed E-state index contributed by atoms with van der Waals surface area (Å²) in [5, 5.41) is 5.20. The van der Waals surface area contributed by atoms with Gasteiger partial charge in [0.15, 0.2) is 0 Å². The van der Waals surface area contributed by atoms with Crippen molar-refractivity contribution in [3.63, 3.8) is 0 Å². The number of benzene rings is 1. The monoisotopic (exact) mass is 299 g/mol. The lowest BCUT2D eigenvalue weighted by Gasteiger charge is -2.49. The molecule has 0 atom stereocenters. The molecule has 0 aromatic heterocycles. The molecule has 106 valence electrons. The van der Waals surface area contributed by atoms with Gasteiger partial charge in [-0.1, -0.05) is 49.5 Å². The molecular formula is C16H23Cl2N. The molecule has 2 rings (SSSR count). The second kappa shape index (κ2) is 6.47. The normalized spacial score (nSPS) is 26.2. The molecular weight excluding hydrogens is 277 g/mol. The van der Waals surface area contributed by atoms with Crippen LogP contribution < -0.4 is 5.32 Å². The lowest BCUT2D eigenvalue weighted by Crippen LogP contribution is -2.49. The van der Waals surface area contributed by atoms with E-state index in [1.807, 2.05) is 18.2 Å². The first-order chi connectivity index (χ1) is 9.13. The molecule has 0 unspecified atom stereocenters. The van der Waals surface area contributed by atoms with Crippen LogP contribution >= 0.6 is 23.2 Å². The summed E-state index contributed by atoms with van der Waals surface area (Å²) < 4.78 is 0. The first-order valence-electron chi connectivity index (χ1n) is 7.28. The Morgan fingerprint density at radius 3 is 2.37 bits per heavy atom. The maximum atomic E-state index is 6.42. The molecule has 19 heavy (non-hydrogen) atoms. The van der Waals surface area contributed by atoms with E-state index in [-0.39, 0.29) is 5.41 Å². The molecule has 0 amide bonds. The van der Waals surface area contributed by atoms with Gasteiger partial charge in [-0.05, 0) is 49.4 Å². The summed E-state index contributed by atoms with van der Waals surface area (Å²) in [7, 11) is 0. The van der Waals surface area contributed by atoms with Gasteiger partial charge in [-0.2, -0.15) is 0 Å². The molecule has 1 saturated carbocycles. The zero-order valence-electron chi connectivity index (χ0n) is 11.8. The first kappa shape index (κ1) is 15.2. The molecule has 0 spiro atoms. The summed E-state index contributed by atoms with van der Waals surface area (Å²) >= 11 is 12.8. The molecule has 0 bridgehead atoms. The molecule has 1 nitrogen and oxygen atoms in total. The largest absolute Gasteiger partial charge is 0.316 e. The van der Waals surface area contributed by atoms with Crippen LogP contribution in [0.1, 0.15) is 45.1 Å². The Balaban J connectivity index is 2.23. The fourth-order valence-corrected chi connectivity index (χ4v) is 4.08. The highest BCUT2D eigenvalue weighted by atomic mass is 35.5. The minimum atomic E-state index is 0.144. The summed E-state index contributed by atoms with van der Waals surface area (Å²) in [5.41, 5.74) is 1.30. The molecule has 0 radical (unpaired) electrons. The van der Waals surface area contributed by atoms with Crippen molar-refractivity contribution in [3.8, 4) is 0 Å². The fraction of sp³-hybridized carbons (Fsp3) is 0.625. The molecule has 1 aliphatic carbocycles. The van der Waals surface area contributed by atoms with E-state index in [2.05, 4.69) is 19.2 Å². The maximum absolute atomic E-state index is 6.42. The van der Waals surface area contributed by atoms with E-state index < -0.39 is 0 Å². The van der Waals surface area contributed by atoms with Crippen molar-refractivity contribution in [2.45, 2.75) is 44.9 Å². The number of hydrogen-bond acceptors (Lipinski definition) is 1. The van der Waals surface area contributed by atoms with E-state index in [9.17, 15) is 0 Å². The predicted molar refractivity (Wildman–Crippen MR) is 84.3 cm³/mol. The Morgan fingerprint density at radius 1 is 1.21 bits per heavy atom. The van der Waals surface area contributed by atoms with Gasteiger partial charge in [0.1, 0.15) is 0 Å². The van der Waals surface area contributed by atoms with Gasteiger partial charge >= 0.3 is 0 Å². The topological polar surface area (TPSA) is 12.0 Å². The van der Waals surface area contributed by atoms with Crippen LogP contribution in [0.25, 0.3) is 0 Å². The van der Waals surface area contributed by atoms with Crippen molar-refractivity contribution in [2.75, 3.05) is 13.1 Å². The third kappa shape index (κ3) is 3.09. The second-order valence-corrected chi connectivity index (χ2v) is 6.55. The van der Waals surface area contributed by atoms with Gasteiger partial charge in [-0.15, -0.1) is 0 Å². The quantitative estimate of drug-likeness (QED) is 0.725. The Morgan fingerprint density at radius 2 is 1.84 bits per heavy atom. The highest BCUT2D eigenvalue weighted by Crippen LogP contribution is 2.52. The summed E-state index contributed by atoms with van der Waals surface area (Å²) in [5.74, 6) is 0.816. The van der Waals surface area contributed by atoms with Crippen LogP contribution in [-0.4, -0.2) is 13.1 Å².